The largest absolute Gasteiger partial charge is 0.465 e. The summed E-state index contributed by atoms with van der Waals surface area (Å²) < 4.78 is 13.7. The normalized spacial score (nSPS) is 9.68. The van der Waals surface area contributed by atoms with E-state index >= 15 is 0 Å². The van der Waals surface area contributed by atoms with Crippen molar-refractivity contribution in [1.82, 2.24) is 0 Å². The van der Waals surface area contributed by atoms with Crippen molar-refractivity contribution < 1.29 is 33.6 Å². The number of carbonyl (C=O) groups is 3. The molecule has 0 atom stereocenters. The molecule has 0 saturated heterocycles. The van der Waals surface area contributed by atoms with Crippen LogP contribution < -0.4 is 4.98 Å². The van der Waals surface area contributed by atoms with Gasteiger partial charge < -0.3 is 14.2 Å². The standard InChI is InChI=1S/C12H13NO6/c1-6-7(10(14)17-2)5-8(11(15)18-3)9(13-6)12(16)19-4/h5H,1-4H3/p+1. The van der Waals surface area contributed by atoms with Gasteiger partial charge in [0.25, 0.3) is 0 Å². The van der Waals surface area contributed by atoms with E-state index in [0.29, 0.717) is 5.69 Å². The summed E-state index contributed by atoms with van der Waals surface area (Å²) in [6, 6.07) is 1.23. The van der Waals surface area contributed by atoms with Crippen LogP contribution in [0.5, 0.6) is 0 Å². The molecule has 0 aliphatic heterocycles. The molecular formula is C12H14NO6+. The number of ether oxygens (including phenoxy) is 3. The Labute approximate surface area is 109 Å². The molecule has 0 aliphatic rings. The third kappa shape index (κ3) is 2.87. The van der Waals surface area contributed by atoms with Gasteiger partial charge in [-0.25, -0.2) is 19.4 Å². The Kier molecular flexibility index (Phi) is 4.57. The highest BCUT2D eigenvalue weighted by molar-refractivity contribution is 6.02. The molecule has 102 valence electrons. The fourth-order valence-electron chi connectivity index (χ4n) is 1.50. The number of pyridine rings is 1. The number of aromatic nitrogens is 1. The maximum absolute atomic E-state index is 11.6. The van der Waals surface area contributed by atoms with Crippen molar-refractivity contribution in [2.45, 2.75) is 6.92 Å². The molecular weight excluding hydrogens is 254 g/mol. The van der Waals surface area contributed by atoms with Crippen LogP contribution in [-0.4, -0.2) is 39.2 Å². The van der Waals surface area contributed by atoms with Crippen LogP contribution in [0.1, 0.15) is 36.9 Å². The Morgan fingerprint density at radius 1 is 0.895 bits per heavy atom. The highest BCUT2D eigenvalue weighted by atomic mass is 16.5. The quantitative estimate of drug-likeness (QED) is 0.573. The number of esters is 3. The van der Waals surface area contributed by atoms with Gasteiger partial charge in [-0.1, -0.05) is 0 Å². The molecule has 19 heavy (non-hydrogen) atoms. The summed E-state index contributed by atoms with van der Waals surface area (Å²) in [5, 5.41) is 0. The Morgan fingerprint density at radius 2 is 1.37 bits per heavy atom. The first-order valence-electron chi connectivity index (χ1n) is 5.28. The van der Waals surface area contributed by atoms with Crippen molar-refractivity contribution in [3.8, 4) is 0 Å². The van der Waals surface area contributed by atoms with Gasteiger partial charge in [-0.05, 0) is 6.07 Å². The molecule has 0 radical (unpaired) electrons. The number of rotatable bonds is 3. The van der Waals surface area contributed by atoms with Crippen LogP contribution >= 0.6 is 0 Å². The van der Waals surface area contributed by atoms with Gasteiger partial charge in [-0.3, -0.25) is 0 Å². The number of carbonyl (C=O) groups excluding carboxylic acids is 3. The SMILES string of the molecule is COC(=O)c1cc(C(=O)OC)c(C(=O)OC)[nH+]c1C. The Morgan fingerprint density at radius 3 is 1.84 bits per heavy atom. The van der Waals surface area contributed by atoms with Crippen LogP contribution in [0.3, 0.4) is 0 Å². The van der Waals surface area contributed by atoms with Crippen LogP contribution in [0.2, 0.25) is 0 Å². The smallest absolute Gasteiger partial charge is 0.404 e. The monoisotopic (exact) mass is 268 g/mol. The zero-order valence-corrected chi connectivity index (χ0v) is 11.0. The summed E-state index contributed by atoms with van der Waals surface area (Å²) in [4.78, 5) is 37.4. The van der Waals surface area contributed by atoms with Crippen molar-refractivity contribution in [2.75, 3.05) is 21.3 Å². The van der Waals surface area contributed by atoms with Gasteiger partial charge in [0, 0.05) is 6.92 Å². The number of hydrogen-bond acceptors (Lipinski definition) is 6. The van der Waals surface area contributed by atoms with Crippen LogP contribution in [0, 0.1) is 6.92 Å². The van der Waals surface area contributed by atoms with E-state index in [2.05, 4.69) is 19.2 Å². The molecule has 1 N–H and O–H groups in total. The zero-order chi connectivity index (χ0) is 14.6. The molecule has 0 amide bonds. The average Bonchev–Trinajstić information content (AvgIpc) is 2.44. The first-order chi connectivity index (χ1) is 8.96. The lowest BCUT2D eigenvalue weighted by Gasteiger charge is -2.05. The van der Waals surface area contributed by atoms with Gasteiger partial charge in [0.2, 0.25) is 0 Å². The lowest BCUT2D eigenvalue weighted by atomic mass is 10.1. The summed E-state index contributed by atoms with van der Waals surface area (Å²) in [6.45, 7) is 1.57. The van der Waals surface area contributed by atoms with Crippen LogP contribution in [0.4, 0.5) is 0 Å². The van der Waals surface area contributed by atoms with E-state index in [1.165, 1.54) is 27.4 Å². The van der Waals surface area contributed by atoms with Crippen molar-refractivity contribution in [1.29, 1.82) is 0 Å². The molecule has 0 spiro atoms. The summed E-state index contributed by atoms with van der Waals surface area (Å²) >= 11 is 0. The fourth-order valence-corrected chi connectivity index (χ4v) is 1.50. The number of aromatic amines is 1. The van der Waals surface area contributed by atoms with Crippen LogP contribution in [-0.2, 0) is 14.2 Å². The van der Waals surface area contributed by atoms with Crippen LogP contribution in [0.25, 0.3) is 0 Å². The van der Waals surface area contributed by atoms with E-state index in [1.54, 1.807) is 6.92 Å². The highest BCUT2D eigenvalue weighted by Crippen LogP contribution is 2.13. The molecule has 0 fully saturated rings. The third-order valence-electron chi connectivity index (χ3n) is 2.47. The number of hydrogen-bond donors (Lipinski definition) is 0. The summed E-state index contributed by atoms with van der Waals surface area (Å²) in [5.41, 5.74) is 0.329. The maximum atomic E-state index is 11.6. The van der Waals surface area contributed by atoms with E-state index in [1.807, 2.05) is 0 Å². The number of H-pyrrole nitrogens is 1. The predicted octanol–water partition coefficient (Wildman–Crippen LogP) is 0.169. The fraction of sp³-hybridized carbons (Fsp3) is 0.333. The maximum Gasteiger partial charge on any atom is 0.404 e. The van der Waals surface area contributed by atoms with Crippen molar-refractivity contribution in [3.63, 3.8) is 0 Å². The molecule has 1 heterocycles. The molecule has 0 unspecified atom stereocenters. The van der Waals surface area contributed by atoms with Crippen LogP contribution in [0.15, 0.2) is 6.07 Å². The van der Waals surface area contributed by atoms with Gasteiger partial charge in [-0.2, -0.15) is 0 Å². The van der Waals surface area contributed by atoms with E-state index in [4.69, 9.17) is 0 Å². The molecule has 0 bridgehead atoms. The summed E-state index contributed by atoms with van der Waals surface area (Å²) in [5.74, 6) is -2.13. The second-order valence-electron chi connectivity index (χ2n) is 3.57. The average molecular weight is 268 g/mol. The minimum Gasteiger partial charge on any atom is -0.465 e. The molecule has 0 aromatic carbocycles. The van der Waals surface area contributed by atoms with Crippen molar-refractivity contribution in [3.05, 3.63) is 28.6 Å². The number of nitrogens with one attached hydrogen (secondary N) is 1. The molecule has 0 saturated carbocycles. The Hall–Kier alpha value is -2.44. The van der Waals surface area contributed by atoms with Gasteiger partial charge in [0.1, 0.15) is 11.1 Å². The minimum absolute atomic E-state index is 0.0838. The van der Waals surface area contributed by atoms with Crippen molar-refractivity contribution >= 4 is 17.9 Å². The van der Waals surface area contributed by atoms with Gasteiger partial charge >= 0.3 is 23.6 Å². The molecule has 1 aromatic rings. The third-order valence-corrected chi connectivity index (χ3v) is 2.47. The lowest BCUT2D eigenvalue weighted by Crippen LogP contribution is -2.28. The summed E-state index contributed by atoms with van der Waals surface area (Å²) in [6.07, 6.45) is 0. The first kappa shape index (κ1) is 14.6. The molecule has 0 aliphatic carbocycles. The highest BCUT2D eigenvalue weighted by Gasteiger charge is 2.30. The molecule has 7 nitrogen and oxygen atoms in total. The van der Waals surface area contributed by atoms with E-state index in [0.717, 1.165) is 0 Å². The van der Waals surface area contributed by atoms with Crippen molar-refractivity contribution in [2.24, 2.45) is 0 Å². The second-order valence-corrected chi connectivity index (χ2v) is 3.57. The number of methoxy groups -OCH3 is 3. The van der Waals surface area contributed by atoms with Gasteiger partial charge in [-0.15, -0.1) is 0 Å². The second kappa shape index (κ2) is 5.94. The van der Waals surface area contributed by atoms with E-state index < -0.39 is 17.9 Å². The zero-order valence-electron chi connectivity index (χ0n) is 11.0. The Bertz CT molecular complexity index is 537. The molecule has 7 heteroatoms. The Balaban J connectivity index is 3.49. The lowest BCUT2D eigenvalue weighted by molar-refractivity contribution is -0.393. The molecule has 1 rings (SSSR count). The van der Waals surface area contributed by atoms with E-state index in [-0.39, 0.29) is 16.8 Å². The van der Waals surface area contributed by atoms with Gasteiger partial charge in [0.05, 0.1) is 21.3 Å². The summed E-state index contributed by atoms with van der Waals surface area (Å²) in [7, 11) is 3.57. The minimum atomic E-state index is -0.762. The van der Waals surface area contributed by atoms with Gasteiger partial charge in [0.15, 0.2) is 5.69 Å². The number of aryl methyl sites for hydroxylation is 1. The van der Waals surface area contributed by atoms with E-state index in [9.17, 15) is 14.4 Å². The molecule has 1 aromatic heterocycles. The topological polar surface area (TPSA) is 93.0 Å². The predicted molar refractivity (Wildman–Crippen MR) is 61.8 cm³/mol. The first-order valence-corrected chi connectivity index (χ1v) is 5.28.